The Labute approximate surface area is 122 Å². The van der Waals surface area contributed by atoms with Gasteiger partial charge < -0.3 is 4.90 Å². The minimum Gasteiger partial charge on any atom is -0.341 e. The standard InChI is InChI=1S/C15H15FN4O/c1-11-12(15(21)19(2)9-5-8-17)10-18-20(11)14-7-4-3-6-13(14)16/h3-4,6-7,10H,5,9H2,1-2H3. The molecule has 2 rings (SSSR count). The Hall–Kier alpha value is -2.68. The number of carbonyl (C=O) groups is 1. The average Bonchev–Trinajstić information content (AvgIpc) is 2.86. The molecule has 0 aliphatic heterocycles. The summed E-state index contributed by atoms with van der Waals surface area (Å²) in [6, 6.07) is 8.24. The summed E-state index contributed by atoms with van der Waals surface area (Å²) in [6.07, 6.45) is 1.69. The smallest absolute Gasteiger partial charge is 0.257 e. The van der Waals surface area contributed by atoms with Crippen LogP contribution in [0.4, 0.5) is 4.39 Å². The predicted octanol–water partition coefficient (Wildman–Crippen LogP) is 2.31. The predicted molar refractivity (Wildman–Crippen MR) is 75.4 cm³/mol. The Kier molecular flexibility index (Phi) is 4.33. The summed E-state index contributed by atoms with van der Waals surface area (Å²) >= 11 is 0. The number of halogens is 1. The zero-order chi connectivity index (χ0) is 15.4. The quantitative estimate of drug-likeness (QED) is 0.866. The molecule has 1 aromatic carbocycles. The van der Waals surface area contributed by atoms with E-state index >= 15 is 0 Å². The van der Waals surface area contributed by atoms with Crippen molar-refractivity contribution in [2.24, 2.45) is 0 Å². The molecule has 1 aromatic heterocycles. The lowest BCUT2D eigenvalue weighted by molar-refractivity contribution is 0.0797. The summed E-state index contributed by atoms with van der Waals surface area (Å²) in [5.74, 6) is -0.633. The number of hydrogen-bond acceptors (Lipinski definition) is 3. The van der Waals surface area contributed by atoms with Crippen molar-refractivity contribution >= 4 is 5.91 Å². The Bertz CT molecular complexity index is 702. The minimum absolute atomic E-state index is 0.231. The molecule has 0 aliphatic rings. The Balaban J connectivity index is 2.32. The largest absolute Gasteiger partial charge is 0.341 e. The molecule has 21 heavy (non-hydrogen) atoms. The SMILES string of the molecule is Cc1c(C(=O)N(C)CCC#N)cnn1-c1ccccc1F. The number of benzene rings is 1. The van der Waals surface area contributed by atoms with Gasteiger partial charge in [0.05, 0.1) is 29.9 Å². The molecular formula is C15H15FN4O. The van der Waals surface area contributed by atoms with E-state index in [9.17, 15) is 9.18 Å². The number of para-hydroxylation sites is 1. The fourth-order valence-electron chi connectivity index (χ4n) is 2.01. The lowest BCUT2D eigenvalue weighted by Crippen LogP contribution is -2.27. The zero-order valence-electron chi connectivity index (χ0n) is 11.9. The Morgan fingerprint density at radius 1 is 1.48 bits per heavy atom. The summed E-state index contributed by atoms with van der Waals surface area (Å²) in [4.78, 5) is 13.7. The summed E-state index contributed by atoms with van der Waals surface area (Å²) in [7, 11) is 1.62. The topological polar surface area (TPSA) is 61.9 Å². The maximum Gasteiger partial charge on any atom is 0.257 e. The first-order valence-corrected chi connectivity index (χ1v) is 6.48. The van der Waals surface area contributed by atoms with Crippen LogP contribution in [0.25, 0.3) is 5.69 Å². The fourth-order valence-corrected chi connectivity index (χ4v) is 2.01. The van der Waals surface area contributed by atoms with Gasteiger partial charge in [-0.1, -0.05) is 12.1 Å². The van der Waals surface area contributed by atoms with Crippen LogP contribution in [0.5, 0.6) is 0 Å². The number of aromatic nitrogens is 2. The molecule has 6 heteroatoms. The fraction of sp³-hybridized carbons (Fsp3) is 0.267. The van der Waals surface area contributed by atoms with Crippen LogP contribution in [-0.2, 0) is 0 Å². The first kappa shape index (κ1) is 14.7. The second-order valence-electron chi connectivity index (χ2n) is 4.64. The van der Waals surface area contributed by atoms with Crippen molar-refractivity contribution in [2.75, 3.05) is 13.6 Å². The average molecular weight is 286 g/mol. The third-order valence-corrected chi connectivity index (χ3v) is 3.23. The molecule has 0 N–H and O–H groups in total. The van der Waals surface area contributed by atoms with Crippen molar-refractivity contribution < 1.29 is 9.18 Å². The number of nitrogens with zero attached hydrogens (tertiary/aromatic N) is 4. The van der Waals surface area contributed by atoms with Gasteiger partial charge in [0.2, 0.25) is 0 Å². The van der Waals surface area contributed by atoms with Gasteiger partial charge >= 0.3 is 0 Å². The molecule has 5 nitrogen and oxygen atoms in total. The van der Waals surface area contributed by atoms with Gasteiger partial charge in [0, 0.05) is 13.6 Å². The summed E-state index contributed by atoms with van der Waals surface area (Å²) < 4.78 is 15.2. The normalized spacial score (nSPS) is 10.2. The first-order chi connectivity index (χ1) is 10.1. The van der Waals surface area contributed by atoms with Gasteiger partial charge in [-0.2, -0.15) is 10.4 Å². The second-order valence-corrected chi connectivity index (χ2v) is 4.64. The Morgan fingerprint density at radius 2 is 2.19 bits per heavy atom. The molecule has 0 aliphatic carbocycles. The second kappa shape index (κ2) is 6.18. The van der Waals surface area contributed by atoms with E-state index in [-0.39, 0.29) is 12.3 Å². The van der Waals surface area contributed by atoms with E-state index in [1.807, 2.05) is 6.07 Å². The van der Waals surface area contributed by atoms with Gasteiger partial charge in [0.1, 0.15) is 11.5 Å². The maximum absolute atomic E-state index is 13.8. The molecule has 0 saturated carbocycles. The van der Waals surface area contributed by atoms with Crippen molar-refractivity contribution in [1.82, 2.24) is 14.7 Å². The van der Waals surface area contributed by atoms with Crippen LogP contribution in [0.15, 0.2) is 30.5 Å². The van der Waals surface area contributed by atoms with Crippen LogP contribution in [0.3, 0.4) is 0 Å². The molecule has 0 atom stereocenters. The van der Waals surface area contributed by atoms with Crippen molar-refractivity contribution in [1.29, 1.82) is 5.26 Å². The van der Waals surface area contributed by atoms with E-state index < -0.39 is 5.82 Å². The lowest BCUT2D eigenvalue weighted by Gasteiger charge is -2.15. The lowest BCUT2D eigenvalue weighted by atomic mass is 10.2. The number of amides is 1. The zero-order valence-corrected chi connectivity index (χ0v) is 11.9. The molecule has 0 unspecified atom stereocenters. The highest BCUT2D eigenvalue weighted by molar-refractivity contribution is 5.95. The van der Waals surface area contributed by atoms with Gasteiger partial charge in [0.25, 0.3) is 5.91 Å². The minimum atomic E-state index is -0.402. The summed E-state index contributed by atoms with van der Waals surface area (Å²) in [5, 5.41) is 12.7. The van der Waals surface area contributed by atoms with Gasteiger partial charge in [-0.15, -0.1) is 0 Å². The van der Waals surface area contributed by atoms with E-state index in [4.69, 9.17) is 5.26 Å². The van der Waals surface area contributed by atoms with Crippen molar-refractivity contribution in [2.45, 2.75) is 13.3 Å². The van der Waals surface area contributed by atoms with Crippen LogP contribution in [-0.4, -0.2) is 34.2 Å². The maximum atomic E-state index is 13.8. The van der Waals surface area contributed by atoms with Crippen LogP contribution in [0.1, 0.15) is 22.5 Å². The molecule has 1 amide bonds. The van der Waals surface area contributed by atoms with Gasteiger partial charge in [-0.25, -0.2) is 9.07 Å². The molecule has 0 fully saturated rings. The van der Waals surface area contributed by atoms with Crippen LogP contribution < -0.4 is 0 Å². The third kappa shape index (κ3) is 2.92. The van der Waals surface area contributed by atoms with E-state index in [0.717, 1.165) is 0 Å². The van der Waals surface area contributed by atoms with Crippen LogP contribution in [0.2, 0.25) is 0 Å². The molecule has 0 saturated heterocycles. The summed E-state index contributed by atoms with van der Waals surface area (Å²) in [6.45, 7) is 2.06. The highest BCUT2D eigenvalue weighted by atomic mass is 19.1. The number of hydrogen-bond donors (Lipinski definition) is 0. The number of nitriles is 1. The van der Waals surface area contributed by atoms with Gasteiger partial charge in [-0.05, 0) is 19.1 Å². The molecule has 0 bridgehead atoms. The van der Waals surface area contributed by atoms with E-state index in [1.54, 1.807) is 32.2 Å². The van der Waals surface area contributed by atoms with Gasteiger partial charge in [0.15, 0.2) is 0 Å². The van der Waals surface area contributed by atoms with E-state index in [1.165, 1.54) is 21.8 Å². The number of rotatable bonds is 4. The third-order valence-electron chi connectivity index (χ3n) is 3.23. The molecule has 1 heterocycles. The molecular weight excluding hydrogens is 271 g/mol. The summed E-state index contributed by atoms with van der Waals surface area (Å²) in [5.41, 5.74) is 1.27. The van der Waals surface area contributed by atoms with Gasteiger partial charge in [-0.3, -0.25) is 4.79 Å². The van der Waals surface area contributed by atoms with E-state index in [0.29, 0.717) is 23.5 Å². The monoisotopic (exact) mass is 286 g/mol. The first-order valence-electron chi connectivity index (χ1n) is 6.48. The molecule has 0 spiro atoms. The van der Waals surface area contributed by atoms with Crippen LogP contribution in [0, 0.1) is 24.1 Å². The van der Waals surface area contributed by atoms with Crippen LogP contribution >= 0.6 is 0 Å². The van der Waals surface area contributed by atoms with Crippen molar-refractivity contribution in [3.05, 3.63) is 47.5 Å². The molecule has 108 valence electrons. The van der Waals surface area contributed by atoms with Crippen molar-refractivity contribution in [3.63, 3.8) is 0 Å². The molecule has 0 radical (unpaired) electrons. The number of carbonyl (C=O) groups excluding carboxylic acids is 1. The van der Waals surface area contributed by atoms with E-state index in [2.05, 4.69) is 5.10 Å². The highest BCUT2D eigenvalue weighted by Gasteiger charge is 2.19. The van der Waals surface area contributed by atoms with Crippen molar-refractivity contribution in [3.8, 4) is 11.8 Å². The Morgan fingerprint density at radius 3 is 2.86 bits per heavy atom. The molecule has 2 aromatic rings. The highest BCUT2D eigenvalue weighted by Crippen LogP contribution is 2.18.